The molecule has 1 rings (SSSR count). The third-order valence-corrected chi connectivity index (χ3v) is 2.71. The molecule has 1 aromatic carbocycles. The maximum Gasteiger partial charge on any atom is 0.307 e. The van der Waals surface area contributed by atoms with Crippen molar-refractivity contribution in [3.63, 3.8) is 0 Å². The molecule has 0 bridgehead atoms. The largest absolute Gasteiger partial charge is 0.481 e. The maximum absolute atomic E-state index is 11.1. The van der Waals surface area contributed by atoms with E-state index < -0.39 is 5.97 Å². The molecule has 0 spiro atoms. The first-order valence-electron chi connectivity index (χ1n) is 5.56. The Balaban J connectivity index is 2.65. The van der Waals surface area contributed by atoms with E-state index in [1.807, 2.05) is 37.3 Å². The van der Waals surface area contributed by atoms with Gasteiger partial charge in [-0.3, -0.25) is 4.79 Å². The number of allylic oxidation sites excluding steroid dienone is 1. The smallest absolute Gasteiger partial charge is 0.307 e. The molecule has 1 N–H and O–H groups in total. The average Bonchev–Trinajstić information content (AvgIpc) is 2.29. The minimum Gasteiger partial charge on any atom is -0.481 e. The first-order valence-corrected chi connectivity index (χ1v) is 5.56. The van der Waals surface area contributed by atoms with Gasteiger partial charge in [-0.15, -0.1) is 0 Å². The number of carboxylic acid groups (broad SMARTS) is 1. The van der Waals surface area contributed by atoms with Gasteiger partial charge in [-0.2, -0.15) is 0 Å². The van der Waals surface area contributed by atoms with E-state index in [1.54, 1.807) is 0 Å². The molecule has 1 unspecified atom stereocenters. The molecular formula is C14H18O2. The van der Waals surface area contributed by atoms with Crippen molar-refractivity contribution >= 4 is 5.97 Å². The van der Waals surface area contributed by atoms with Crippen LogP contribution in [0.2, 0.25) is 0 Å². The van der Waals surface area contributed by atoms with Gasteiger partial charge in [0.25, 0.3) is 0 Å². The minimum atomic E-state index is -0.738. The maximum atomic E-state index is 11.1. The van der Waals surface area contributed by atoms with Crippen molar-refractivity contribution < 1.29 is 9.90 Å². The summed E-state index contributed by atoms with van der Waals surface area (Å²) >= 11 is 0. The standard InChI is InChI=1S/C14H18O2/c1-3-11(2)9-13(14(15)16)10-12-7-5-4-6-8-12/h4-8,13H,2-3,9-10H2,1H3,(H,15,16). The van der Waals surface area contributed by atoms with Crippen molar-refractivity contribution in [3.05, 3.63) is 48.0 Å². The molecule has 0 radical (unpaired) electrons. The number of rotatable bonds is 6. The van der Waals surface area contributed by atoms with Gasteiger partial charge < -0.3 is 5.11 Å². The van der Waals surface area contributed by atoms with Gasteiger partial charge in [-0.25, -0.2) is 0 Å². The zero-order valence-electron chi connectivity index (χ0n) is 9.65. The molecule has 0 heterocycles. The van der Waals surface area contributed by atoms with Crippen LogP contribution in [0.25, 0.3) is 0 Å². The van der Waals surface area contributed by atoms with Crippen molar-refractivity contribution in [1.29, 1.82) is 0 Å². The van der Waals surface area contributed by atoms with Crippen molar-refractivity contribution in [2.24, 2.45) is 5.92 Å². The molecule has 16 heavy (non-hydrogen) atoms. The molecule has 0 saturated carbocycles. The summed E-state index contributed by atoms with van der Waals surface area (Å²) in [6.07, 6.45) is 1.99. The number of benzene rings is 1. The first-order chi connectivity index (χ1) is 7.63. The van der Waals surface area contributed by atoms with Crippen LogP contribution >= 0.6 is 0 Å². The summed E-state index contributed by atoms with van der Waals surface area (Å²) in [5.74, 6) is -1.09. The predicted molar refractivity (Wildman–Crippen MR) is 65.3 cm³/mol. The average molecular weight is 218 g/mol. The second kappa shape index (κ2) is 6.11. The number of hydrogen-bond donors (Lipinski definition) is 1. The van der Waals surface area contributed by atoms with E-state index in [9.17, 15) is 4.79 Å². The molecule has 2 heteroatoms. The van der Waals surface area contributed by atoms with Crippen molar-refractivity contribution in [3.8, 4) is 0 Å². The second-order valence-corrected chi connectivity index (χ2v) is 4.03. The summed E-state index contributed by atoms with van der Waals surface area (Å²) < 4.78 is 0. The van der Waals surface area contributed by atoms with Crippen molar-refractivity contribution in [1.82, 2.24) is 0 Å². The van der Waals surface area contributed by atoms with Crippen LogP contribution in [0.1, 0.15) is 25.3 Å². The van der Waals surface area contributed by atoms with Crippen molar-refractivity contribution in [2.45, 2.75) is 26.2 Å². The molecule has 0 aliphatic rings. The van der Waals surface area contributed by atoms with Crippen LogP contribution < -0.4 is 0 Å². The summed E-state index contributed by atoms with van der Waals surface area (Å²) in [5.41, 5.74) is 2.07. The molecule has 0 aliphatic carbocycles. The number of aliphatic carboxylic acids is 1. The minimum absolute atomic E-state index is 0.352. The molecule has 0 fully saturated rings. The molecule has 0 aromatic heterocycles. The van der Waals surface area contributed by atoms with Crippen LogP contribution in [0, 0.1) is 5.92 Å². The highest BCUT2D eigenvalue weighted by molar-refractivity contribution is 5.70. The highest BCUT2D eigenvalue weighted by atomic mass is 16.4. The normalized spacial score (nSPS) is 12.1. The van der Waals surface area contributed by atoms with E-state index in [1.165, 1.54) is 0 Å². The van der Waals surface area contributed by atoms with Gasteiger partial charge in [0.15, 0.2) is 0 Å². The van der Waals surface area contributed by atoms with E-state index in [2.05, 4.69) is 6.58 Å². The third-order valence-electron chi connectivity index (χ3n) is 2.71. The summed E-state index contributed by atoms with van der Waals surface area (Å²) in [4.78, 5) is 11.1. The van der Waals surface area contributed by atoms with Gasteiger partial charge in [0, 0.05) is 0 Å². The Morgan fingerprint density at radius 3 is 2.50 bits per heavy atom. The lowest BCUT2D eigenvalue weighted by molar-refractivity contribution is -0.141. The van der Waals surface area contributed by atoms with Crippen LogP contribution in [0.5, 0.6) is 0 Å². The second-order valence-electron chi connectivity index (χ2n) is 4.03. The lowest BCUT2D eigenvalue weighted by Crippen LogP contribution is -2.17. The van der Waals surface area contributed by atoms with Crippen LogP contribution in [-0.2, 0) is 11.2 Å². The predicted octanol–water partition coefficient (Wildman–Crippen LogP) is 3.29. The molecule has 0 amide bonds. The molecule has 0 aliphatic heterocycles. The van der Waals surface area contributed by atoms with Gasteiger partial charge in [0.1, 0.15) is 0 Å². The van der Waals surface area contributed by atoms with Gasteiger partial charge >= 0.3 is 5.97 Å². The summed E-state index contributed by atoms with van der Waals surface area (Å²) in [5, 5.41) is 9.14. The lowest BCUT2D eigenvalue weighted by atomic mass is 9.92. The van der Waals surface area contributed by atoms with Gasteiger partial charge in [-0.05, 0) is 24.8 Å². The quantitative estimate of drug-likeness (QED) is 0.744. The Kier molecular flexibility index (Phi) is 4.77. The van der Waals surface area contributed by atoms with Crippen LogP contribution in [0.3, 0.4) is 0 Å². The third kappa shape index (κ3) is 3.89. The van der Waals surface area contributed by atoms with E-state index in [0.717, 1.165) is 17.6 Å². The van der Waals surface area contributed by atoms with E-state index >= 15 is 0 Å². The molecule has 2 nitrogen and oxygen atoms in total. The van der Waals surface area contributed by atoms with Crippen LogP contribution in [-0.4, -0.2) is 11.1 Å². The topological polar surface area (TPSA) is 37.3 Å². The fourth-order valence-electron chi connectivity index (χ4n) is 1.64. The zero-order valence-corrected chi connectivity index (χ0v) is 9.65. The highest BCUT2D eigenvalue weighted by Crippen LogP contribution is 2.18. The first kappa shape index (κ1) is 12.5. The SMILES string of the molecule is C=C(CC)CC(Cc1ccccc1)C(=O)O. The Bertz CT molecular complexity index is 354. The van der Waals surface area contributed by atoms with E-state index in [-0.39, 0.29) is 5.92 Å². The van der Waals surface area contributed by atoms with Crippen LogP contribution in [0.15, 0.2) is 42.5 Å². The lowest BCUT2D eigenvalue weighted by Gasteiger charge is -2.13. The number of carboxylic acids is 1. The van der Waals surface area contributed by atoms with Gasteiger partial charge in [-0.1, -0.05) is 49.4 Å². The Morgan fingerprint density at radius 1 is 1.38 bits per heavy atom. The summed E-state index contributed by atoms with van der Waals surface area (Å²) in [7, 11) is 0. The molecule has 0 saturated heterocycles. The van der Waals surface area contributed by atoms with Crippen LogP contribution in [0.4, 0.5) is 0 Å². The fourth-order valence-corrected chi connectivity index (χ4v) is 1.64. The van der Waals surface area contributed by atoms with Gasteiger partial charge in [0.05, 0.1) is 5.92 Å². The molecular weight excluding hydrogens is 200 g/mol. The zero-order chi connectivity index (χ0) is 12.0. The molecule has 1 aromatic rings. The summed E-state index contributed by atoms with van der Waals surface area (Å²) in [6, 6.07) is 9.73. The Hall–Kier alpha value is -1.57. The molecule has 1 atom stereocenters. The Morgan fingerprint density at radius 2 is 2.00 bits per heavy atom. The number of hydrogen-bond acceptors (Lipinski definition) is 1. The monoisotopic (exact) mass is 218 g/mol. The van der Waals surface area contributed by atoms with Gasteiger partial charge in [0.2, 0.25) is 0 Å². The van der Waals surface area contributed by atoms with Crippen molar-refractivity contribution in [2.75, 3.05) is 0 Å². The van der Waals surface area contributed by atoms with E-state index in [4.69, 9.17) is 5.11 Å². The highest BCUT2D eigenvalue weighted by Gasteiger charge is 2.18. The number of carbonyl (C=O) groups is 1. The van der Waals surface area contributed by atoms with E-state index in [0.29, 0.717) is 12.8 Å². The fraction of sp³-hybridized carbons (Fsp3) is 0.357. The molecule has 86 valence electrons. The summed E-state index contributed by atoms with van der Waals surface area (Å²) in [6.45, 7) is 5.88. The Labute approximate surface area is 96.6 Å².